The van der Waals surface area contributed by atoms with E-state index in [0.717, 1.165) is 4.47 Å². The molecule has 1 amide bonds. The lowest BCUT2D eigenvalue weighted by Gasteiger charge is -2.07. The first kappa shape index (κ1) is 16.1. The highest BCUT2D eigenvalue weighted by Crippen LogP contribution is 2.27. The second kappa shape index (κ2) is 7.13. The summed E-state index contributed by atoms with van der Waals surface area (Å²) in [6.45, 7) is 0. The van der Waals surface area contributed by atoms with Crippen LogP contribution in [0, 0.1) is 0 Å². The van der Waals surface area contributed by atoms with Crippen LogP contribution in [0.4, 0.5) is 5.88 Å². The summed E-state index contributed by atoms with van der Waals surface area (Å²) in [5, 5.41) is 3.89. The summed E-state index contributed by atoms with van der Waals surface area (Å²) in [6, 6.07) is 8.60. The first-order chi connectivity index (χ1) is 10.5. The predicted octanol–water partition coefficient (Wildman–Crippen LogP) is 2.88. The summed E-state index contributed by atoms with van der Waals surface area (Å²) < 4.78 is 11.4. The van der Waals surface area contributed by atoms with Gasteiger partial charge in [0.05, 0.1) is 17.8 Å². The van der Waals surface area contributed by atoms with Crippen LogP contribution in [-0.2, 0) is 0 Å². The Balaban J connectivity index is 2.02. The van der Waals surface area contributed by atoms with Gasteiger partial charge in [-0.2, -0.15) is 5.10 Å². The molecule has 0 radical (unpaired) electrons. The topological polar surface area (TPSA) is 67.1 Å². The van der Waals surface area contributed by atoms with E-state index in [4.69, 9.17) is 9.15 Å². The number of amides is 1. The fourth-order valence-corrected chi connectivity index (χ4v) is 2.39. The highest BCUT2D eigenvalue weighted by Gasteiger charge is 2.09. The van der Waals surface area contributed by atoms with Crippen molar-refractivity contribution in [2.75, 3.05) is 26.1 Å². The molecule has 2 aromatic rings. The summed E-state index contributed by atoms with van der Waals surface area (Å²) in [7, 11) is 5.29. The Morgan fingerprint density at radius 3 is 2.82 bits per heavy atom. The molecule has 22 heavy (non-hydrogen) atoms. The van der Waals surface area contributed by atoms with E-state index < -0.39 is 0 Å². The standard InChI is InChI=1S/C15H16BrN3O3/c1-19(2)15-13(16)8-12(22-15)9-17-18-14(20)10-5-4-6-11(7-10)21-3/h4-9H,1-3H3,(H,18,20)/b17-9+. The Morgan fingerprint density at radius 2 is 2.18 bits per heavy atom. The lowest BCUT2D eigenvalue weighted by molar-refractivity contribution is 0.0955. The van der Waals surface area contributed by atoms with Crippen molar-refractivity contribution in [3.05, 3.63) is 46.1 Å². The Hall–Kier alpha value is -2.28. The Kier molecular flexibility index (Phi) is 5.21. The molecule has 0 aliphatic carbocycles. The molecule has 1 aromatic carbocycles. The molecule has 1 aromatic heterocycles. The van der Waals surface area contributed by atoms with Crippen LogP contribution in [0.3, 0.4) is 0 Å². The molecule has 0 unspecified atom stereocenters. The van der Waals surface area contributed by atoms with Gasteiger partial charge in [-0.15, -0.1) is 0 Å². The van der Waals surface area contributed by atoms with E-state index in [0.29, 0.717) is 23.0 Å². The number of hydrogen-bond donors (Lipinski definition) is 1. The molecule has 116 valence electrons. The monoisotopic (exact) mass is 365 g/mol. The fraction of sp³-hybridized carbons (Fsp3) is 0.200. The zero-order valence-corrected chi connectivity index (χ0v) is 14.0. The Labute approximate surface area is 136 Å². The first-order valence-electron chi connectivity index (χ1n) is 6.45. The van der Waals surface area contributed by atoms with Gasteiger partial charge in [0, 0.05) is 25.7 Å². The number of ether oxygens (including phenoxy) is 1. The van der Waals surface area contributed by atoms with E-state index in [1.165, 1.54) is 6.21 Å². The van der Waals surface area contributed by atoms with Gasteiger partial charge < -0.3 is 14.1 Å². The summed E-state index contributed by atoms with van der Waals surface area (Å²) >= 11 is 3.39. The summed E-state index contributed by atoms with van der Waals surface area (Å²) in [4.78, 5) is 13.8. The third-order valence-corrected chi connectivity index (χ3v) is 3.35. The van der Waals surface area contributed by atoms with Gasteiger partial charge in [0.25, 0.3) is 5.91 Å². The van der Waals surface area contributed by atoms with E-state index in [2.05, 4.69) is 26.5 Å². The molecule has 0 aliphatic heterocycles. The SMILES string of the molecule is COc1cccc(C(=O)N/N=C/c2cc(Br)c(N(C)C)o2)c1. The van der Waals surface area contributed by atoms with Crippen molar-refractivity contribution >= 4 is 33.9 Å². The predicted molar refractivity (Wildman–Crippen MR) is 88.8 cm³/mol. The molecule has 1 N–H and O–H groups in total. The van der Waals surface area contributed by atoms with Crippen molar-refractivity contribution in [1.82, 2.24) is 5.43 Å². The Morgan fingerprint density at radius 1 is 1.41 bits per heavy atom. The van der Waals surface area contributed by atoms with E-state index in [-0.39, 0.29) is 5.91 Å². The molecule has 0 saturated heterocycles. The van der Waals surface area contributed by atoms with Crippen LogP contribution in [0.25, 0.3) is 0 Å². The fourth-order valence-electron chi connectivity index (χ4n) is 1.73. The zero-order valence-electron chi connectivity index (χ0n) is 12.5. The van der Waals surface area contributed by atoms with E-state index in [1.807, 2.05) is 19.0 Å². The maximum absolute atomic E-state index is 12.0. The molecule has 1 heterocycles. The van der Waals surface area contributed by atoms with Crippen molar-refractivity contribution in [3.8, 4) is 5.75 Å². The lowest BCUT2D eigenvalue weighted by Crippen LogP contribution is -2.17. The van der Waals surface area contributed by atoms with Gasteiger partial charge in [0.15, 0.2) is 5.76 Å². The average molecular weight is 366 g/mol. The van der Waals surface area contributed by atoms with Gasteiger partial charge in [0.2, 0.25) is 5.88 Å². The summed E-state index contributed by atoms with van der Waals surface area (Å²) in [6.07, 6.45) is 1.44. The smallest absolute Gasteiger partial charge is 0.271 e. The van der Waals surface area contributed by atoms with Crippen LogP contribution in [-0.4, -0.2) is 33.3 Å². The molecule has 0 aliphatic rings. The highest BCUT2D eigenvalue weighted by atomic mass is 79.9. The van der Waals surface area contributed by atoms with Crippen molar-refractivity contribution < 1.29 is 13.9 Å². The third-order valence-electron chi connectivity index (χ3n) is 2.78. The van der Waals surface area contributed by atoms with Gasteiger partial charge in [0.1, 0.15) is 5.75 Å². The Bertz CT molecular complexity index is 695. The molecule has 6 nitrogen and oxygen atoms in total. The van der Waals surface area contributed by atoms with Gasteiger partial charge in [-0.3, -0.25) is 4.79 Å². The van der Waals surface area contributed by atoms with Crippen molar-refractivity contribution in [3.63, 3.8) is 0 Å². The van der Waals surface area contributed by atoms with Crippen LogP contribution in [0.5, 0.6) is 5.75 Å². The number of methoxy groups -OCH3 is 1. The molecule has 0 bridgehead atoms. The zero-order chi connectivity index (χ0) is 16.1. The number of nitrogens with zero attached hydrogens (tertiary/aromatic N) is 2. The molecule has 2 rings (SSSR count). The minimum absolute atomic E-state index is 0.325. The van der Waals surface area contributed by atoms with Gasteiger partial charge in [-0.1, -0.05) is 6.07 Å². The molecular formula is C15H16BrN3O3. The number of hydrogen-bond acceptors (Lipinski definition) is 5. The van der Waals surface area contributed by atoms with E-state index in [9.17, 15) is 4.79 Å². The minimum Gasteiger partial charge on any atom is -0.497 e. The lowest BCUT2D eigenvalue weighted by atomic mass is 10.2. The van der Waals surface area contributed by atoms with E-state index in [1.54, 1.807) is 37.4 Å². The molecule has 0 fully saturated rings. The number of carbonyl (C=O) groups excluding carboxylic acids is 1. The van der Waals surface area contributed by atoms with Crippen LogP contribution < -0.4 is 15.1 Å². The third kappa shape index (κ3) is 3.88. The first-order valence-corrected chi connectivity index (χ1v) is 7.24. The summed E-state index contributed by atoms with van der Waals surface area (Å²) in [5.41, 5.74) is 2.91. The number of anilines is 1. The van der Waals surface area contributed by atoms with Crippen LogP contribution in [0.2, 0.25) is 0 Å². The van der Waals surface area contributed by atoms with Crippen LogP contribution >= 0.6 is 15.9 Å². The second-order valence-corrected chi connectivity index (χ2v) is 5.48. The van der Waals surface area contributed by atoms with Crippen molar-refractivity contribution in [2.24, 2.45) is 5.10 Å². The van der Waals surface area contributed by atoms with Crippen molar-refractivity contribution in [2.45, 2.75) is 0 Å². The molecule has 7 heteroatoms. The molecule has 0 saturated carbocycles. The van der Waals surface area contributed by atoms with E-state index >= 15 is 0 Å². The normalized spacial score (nSPS) is 10.7. The van der Waals surface area contributed by atoms with Gasteiger partial charge in [-0.05, 0) is 34.1 Å². The van der Waals surface area contributed by atoms with Gasteiger partial charge >= 0.3 is 0 Å². The minimum atomic E-state index is -0.325. The van der Waals surface area contributed by atoms with Crippen molar-refractivity contribution in [1.29, 1.82) is 0 Å². The molecular weight excluding hydrogens is 350 g/mol. The maximum Gasteiger partial charge on any atom is 0.271 e. The van der Waals surface area contributed by atoms with Crippen LogP contribution in [0.15, 0.2) is 44.3 Å². The quantitative estimate of drug-likeness (QED) is 0.653. The average Bonchev–Trinajstić information content (AvgIpc) is 2.88. The van der Waals surface area contributed by atoms with Gasteiger partial charge in [-0.25, -0.2) is 5.43 Å². The largest absolute Gasteiger partial charge is 0.497 e. The number of benzene rings is 1. The molecule has 0 spiro atoms. The number of rotatable bonds is 5. The number of halogens is 1. The second-order valence-electron chi connectivity index (χ2n) is 4.63. The number of nitrogens with one attached hydrogen (secondary N) is 1. The maximum atomic E-state index is 12.0. The highest BCUT2D eigenvalue weighted by molar-refractivity contribution is 9.10. The number of furan rings is 1. The van der Waals surface area contributed by atoms with Crippen LogP contribution in [0.1, 0.15) is 16.1 Å². The molecule has 0 atom stereocenters. The summed E-state index contributed by atoms with van der Waals surface area (Å²) in [5.74, 6) is 1.50. The number of carbonyl (C=O) groups is 1. The number of hydrazone groups is 1.